The van der Waals surface area contributed by atoms with E-state index in [0.717, 1.165) is 26.7 Å². The summed E-state index contributed by atoms with van der Waals surface area (Å²) in [5.41, 5.74) is 2.61. The molecule has 4 aromatic rings. The number of anilines is 1. The van der Waals surface area contributed by atoms with Crippen LogP contribution in [0.25, 0.3) is 16.8 Å². The van der Waals surface area contributed by atoms with Crippen molar-refractivity contribution in [3.05, 3.63) is 105 Å². The van der Waals surface area contributed by atoms with E-state index < -0.39 is 0 Å². The highest BCUT2D eigenvalue weighted by atomic mass is 79.9. The zero-order chi connectivity index (χ0) is 24.4. The number of carbonyl (C=O) groups is 1. The third kappa shape index (κ3) is 4.98. The van der Waals surface area contributed by atoms with Gasteiger partial charge in [-0.25, -0.2) is 0 Å². The lowest BCUT2D eigenvalue weighted by Crippen LogP contribution is -2.27. The van der Waals surface area contributed by atoms with Crippen molar-refractivity contribution in [2.45, 2.75) is 6.61 Å². The number of thioether (sulfide) groups is 1. The second-order valence-corrected chi connectivity index (χ2v) is 10.4. The van der Waals surface area contributed by atoms with Gasteiger partial charge >= 0.3 is 0 Å². The zero-order valence-corrected chi connectivity index (χ0v) is 22.0. The molecule has 0 saturated carbocycles. The highest BCUT2D eigenvalue weighted by molar-refractivity contribution is 9.10. The first kappa shape index (κ1) is 23.6. The first-order chi connectivity index (χ1) is 17.0. The number of hydrogen-bond donors (Lipinski definition) is 0. The number of carbonyl (C=O) groups excluding carboxylic acids is 1. The number of rotatable bonds is 6. The Morgan fingerprint density at radius 2 is 1.77 bits per heavy atom. The van der Waals surface area contributed by atoms with E-state index >= 15 is 0 Å². The molecular formula is C28H20BrNO3S2. The van der Waals surface area contributed by atoms with Gasteiger partial charge in [-0.3, -0.25) is 9.69 Å². The van der Waals surface area contributed by atoms with Crippen LogP contribution in [0.15, 0.2) is 94.3 Å². The maximum absolute atomic E-state index is 13.3. The van der Waals surface area contributed by atoms with Gasteiger partial charge in [0.2, 0.25) is 0 Å². The zero-order valence-electron chi connectivity index (χ0n) is 18.7. The van der Waals surface area contributed by atoms with Gasteiger partial charge in [-0.2, -0.15) is 0 Å². The number of ether oxygens (including phenoxy) is 2. The molecule has 1 aliphatic heterocycles. The van der Waals surface area contributed by atoms with Gasteiger partial charge in [-0.15, -0.1) is 0 Å². The van der Waals surface area contributed by atoms with Gasteiger partial charge in [0.1, 0.15) is 18.1 Å². The molecule has 4 nitrogen and oxygen atoms in total. The predicted octanol–water partition coefficient (Wildman–Crippen LogP) is 7.60. The van der Waals surface area contributed by atoms with Crippen LogP contribution in [0.2, 0.25) is 0 Å². The van der Waals surface area contributed by atoms with E-state index in [0.29, 0.717) is 27.3 Å². The second kappa shape index (κ2) is 10.2. The summed E-state index contributed by atoms with van der Waals surface area (Å²) in [6.45, 7) is 0.413. The molecule has 0 radical (unpaired) electrons. The number of halogens is 1. The minimum Gasteiger partial charge on any atom is -0.497 e. The minimum atomic E-state index is -0.162. The van der Waals surface area contributed by atoms with Crippen LogP contribution in [0.5, 0.6) is 11.5 Å². The average molecular weight is 563 g/mol. The Labute approximate surface area is 221 Å². The van der Waals surface area contributed by atoms with Crippen molar-refractivity contribution < 1.29 is 14.3 Å². The lowest BCUT2D eigenvalue weighted by atomic mass is 10.1. The third-order valence-electron chi connectivity index (χ3n) is 5.65. The number of benzene rings is 4. The van der Waals surface area contributed by atoms with Crippen LogP contribution in [0.1, 0.15) is 11.1 Å². The fourth-order valence-electron chi connectivity index (χ4n) is 3.90. The maximum Gasteiger partial charge on any atom is 0.270 e. The Hall–Kier alpha value is -3.13. The number of fused-ring (bicyclic) bond motifs is 1. The highest BCUT2D eigenvalue weighted by Gasteiger charge is 2.33. The van der Waals surface area contributed by atoms with Gasteiger partial charge in [0.05, 0.1) is 17.7 Å². The van der Waals surface area contributed by atoms with E-state index in [1.54, 1.807) is 12.0 Å². The summed E-state index contributed by atoms with van der Waals surface area (Å²) in [6.07, 6.45) is 1.84. The topological polar surface area (TPSA) is 38.8 Å². The molecule has 0 spiro atoms. The number of nitrogens with zero attached hydrogens (tertiary/aromatic N) is 1. The summed E-state index contributed by atoms with van der Waals surface area (Å²) in [7, 11) is 1.61. The molecule has 1 aliphatic rings. The van der Waals surface area contributed by atoms with Gasteiger partial charge in [-0.1, -0.05) is 82.4 Å². The van der Waals surface area contributed by atoms with Crippen LogP contribution in [0.3, 0.4) is 0 Å². The lowest BCUT2D eigenvalue weighted by molar-refractivity contribution is -0.113. The fourth-order valence-corrected chi connectivity index (χ4v) is 5.57. The number of thiocarbonyl (C=S) groups is 1. The average Bonchev–Trinajstić information content (AvgIpc) is 3.16. The molecule has 0 aliphatic carbocycles. The molecule has 1 heterocycles. The Kier molecular flexibility index (Phi) is 6.90. The van der Waals surface area contributed by atoms with Gasteiger partial charge < -0.3 is 9.47 Å². The molecule has 4 aromatic carbocycles. The first-order valence-corrected chi connectivity index (χ1v) is 12.9. The quantitative estimate of drug-likeness (QED) is 0.179. The summed E-state index contributed by atoms with van der Waals surface area (Å²) in [4.78, 5) is 15.3. The van der Waals surface area contributed by atoms with Crippen molar-refractivity contribution in [1.82, 2.24) is 0 Å². The molecule has 35 heavy (non-hydrogen) atoms. The van der Waals surface area contributed by atoms with Crippen molar-refractivity contribution in [3.63, 3.8) is 0 Å². The van der Waals surface area contributed by atoms with Crippen molar-refractivity contribution in [2.75, 3.05) is 12.0 Å². The Bertz CT molecular complexity index is 1460. The molecule has 0 bridgehead atoms. The van der Waals surface area contributed by atoms with E-state index in [4.69, 9.17) is 21.7 Å². The molecule has 0 N–H and O–H groups in total. The Morgan fingerprint density at radius 1 is 1.00 bits per heavy atom. The normalized spacial score (nSPS) is 14.7. The van der Waals surface area contributed by atoms with Crippen molar-refractivity contribution in [2.24, 2.45) is 0 Å². The molecule has 1 amide bonds. The predicted molar refractivity (Wildman–Crippen MR) is 151 cm³/mol. The summed E-state index contributed by atoms with van der Waals surface area (Å²) in [5.74, 6) is 1.25. The molecule has 7 heteroatoms. The van der Waals surface area contributed by atoms with Gasteiger partial charge in [0.25, 0.3) is 5.91 Å². The third-order valence-corrected chi connectivity index (χ3v) is 7.44. The molecule has 0 aromatic heterocycles. The minimum absolute atomic E-state index is 0.162. The van der Waals surface area contributed by atoms with Crippen LogP contribution in [0.4, 0.5) is 5.69 Å². The standard InChI is InChI=1S/C28H20BrNO3S2/c1-32-23-12-10-22(11-13-23)30-27(31)26(35-28(30)34)16-20-15-21(29)9-14-25(20)33-17-19-7-4-6-18-5-2-3-8-24(18)19/h2-16H,17H2,1H3/b26-16+. The second-order valence-electron chi connectivity index (χ2n) is 7.82. The monoisotopic (exact) mass is 561 g/mol. The molecule has 0 atom stereocenters. The van der Waals surface area contributed by atoms with Crippen LogP contribution >= 0.6 is 39.9 Å². The summed E-state index contributed by atoms with van der Waals surface area (Å²) >= 11 is 10.3. The summed E-state index contributed by atoms with van der Waals surface area (Å²) < 4.78 is 12.8. The van der Waals surface area contributed by atoms with Gasteiger partial charge in [-0.05, 0) is 64.9 Å². The molecule has 1 saturated heterocycles. The molecule has 1 fully saturated rings. The van der Waals surface area contributed by atoms with Crippen molar-refractivity contribution in [3.8, 4) is 11.5 Å². The maximum atomic E-state index is 13.3. The van der Waals surface area contributed by atoms with Gasteiger partial charge in [0, 0.05) is 10.0 Å². The molecule has 174 valence electrons. The molecule has 5 rings (SSSR count). The van der Waals surface area contributed by atoms with Gasteiger partial charge in [0.15, 0.2) is 4.32 Å². The Balaban J connectivity index is 1.42. The van der Waals surface area contributed by atoms with E-state index in [-0.39, 0.29) is 5.91 Å². The van der Waals surface area contributed by atoms with E-state index in [2.05, 4.69) is 40.2 Å². The van der Waals surface area contributed by atoms with Crippen molar-refractivity contribution in [1.29, 1.82) is 0 Å². The SMILES string of the molecule is COc1ccc(N2C(=O)/C(=C\c3cc(Br)ccc3OCc3cccc4ccccc34)SC2=S)cc1. The Morgan fingerprint density at radius 3 is 2.57 bits per heavy atom. The number of methoxy groups -OCH3 is 1. The van der Waals surface area contributed by atoms with E-state index in [9.17, 15) is 4.79 Å². The lowest BCUT2D eigenvalue weighted by Gasteiger charge is -2.15. The van der Waals surface area contributed by atoms with Crippen LogP contribution in [-0.4, -0.2) is 17.3 Å². The fraction of sp³-hybridized carbons (Fsp3) is 0.0714. The molecular weight excluding hydrogens is 542 g/mol. The van der Waals surface area contributed by atoms with E-state index in [1.165, 1.54) is 17.1 Å². The van der Waals surface area contributed by atoms with Crippen molar-refractivity contribution >= 4 is 72.7 Å². The number of amides is 1. The number of hydrogen-bond acceptors (Lipinski definition) is 5. The highest BCUT2D eigenvalue weighted by Crippen LogP contribution is 2.38. The van der Waals surface area contributed by atoms with Crippen LogP contribution in [-0.2, 0) is 11.4 Å². The van der Waals surface area contributed by atoms with Crippen LogP contribution in [0, 0.1) is 0 Å². The largest absolute Gasteiger partial charge is 0.497 e. The van der Waals surface area contributed by atoms with E-state index in [1.807, 2.05) is 66.7 Å². The summed E-state index contributed by atoms with van der Waals surface area (Å²) in [5, 5.41) is 2.33. The summed E-state index contributed by atoms with van der Waals surface area (Å²) in [6, 6.07) is 27.5. The smallest absolute Gasteiger partial charge is 0.270 e. The first-order valence-electron chi connectivity index (χ1n) is 10.8. The molecule has 0 unspecified atom stereocenters. The van der Waals surface area contributed by atoms with Crippen LogP contribution < -0.4 is 14.4 Å².